The second kappa shape index (κ2) is 9.49. The van der Waals surface area contributed by atoms with Gasteiger partial charge in [-0.1, -0.05) is 43.7 Å². The zero-order valence-corrected chi connectivity index (χ0v) is 16.0. The van der Waals surface area contributed by atoms with Crippen molar-refractivity contribution in [1.29, 1.82) is 0 Å². The number of aromatic nitrogens is 2. The van der Waals surface area contributed by atoms with Crippen LogP contribution < -0.4 is 4.90 Å². The van der Waals surface area contributed by atoms with Crippen LogP contribution in [-0.4, -0.2) is 50.5 Å². The van der Waals surface area contributed by atoms with Gasteiger partial charge in [0.15, 0.2) is 5.82 Å². The van der Waals surface area contributed by atoms with Crippen molar-refractivity contribution in [2.75, 3.05) is 45.4 Å². The number of benzene rings is 1. The van der Waals surface area contributed by atoms with Gasteiger partial charge in [-0.15, -0.1) is 0 Å². The summed E-state index contributed by atoms with van der Waals surface area (Å²) in [5.74, 6) is 2.02. The molecule has 136 valence electrons. The number of aryl methyl sites for hydroxylation is 1. The van der Waals surface area contributed by atoms with Gasteiger partial charge in [0.1, 0.15) is 5.82 Å². The van der Waals surface area contributed by atoms with Crippen LogP contribution in [0.4, 0.5) is 5.82 Å². The Kier molecular flexibility index (Phi) is 7.34. The summed E-state index contributed by atoms with van der Waals surface area (Å²) in [5, 5.41) is 0. The van der Waals surface area contributed by atoms with E-state index in [2.05, 4.69) is 56.0 Å². The SMILES string of the molecule is COCCN(CCOC)c1cc(C(C)C)nc(-c2ccc(C)cc2)n1. The molecule has 5 heteroatoms. The lowest BCUT2D eigenvalue weighted by molar-refractivity contribution is 0.190. The highest BCUT2D eigenvalue weighted by atomic mass is 16.5. The maximum atomic E-state index is 5.25. The van der Waals surface area contributed by atoms with Gasteiger partial charge in [-0.3, -0.25) is 0 Å². The largest absolute Gasteiger partial charge is 0.383 e. The van der Waals surface area contributed by atoms with Crippen LogP contribution in [0.25, 0.3) is 11.4 Å². The summed E-state index contributed by atoms with van der Waals surface area (Å²) in [6, 6.07) is 10.4. The Morgan fingerprint density at radius 2 is 1.56 bits per heavy atom. The first-order chi connectivity index (χ1) is 12.0. The molecular formula is C20H29N3O2. The molecule has 0 fully saturated rings. The molecule has 0 spiro atoms. The van der Waals surface area contributed by atoms with E-state index in [1.165, 1.54) is 5.56 Å². The molecule has 0 N–H and O–H groups in total. The fourth-order valence-electron chi connectivity index (χ4n) is 2.49. The maximum Gasteiger partial charge on any atom is 0.161 e. The van der Waals surface area contributed by atoms with Gasteiger partial charge in [-0.05, 0) is 12.8 Å². The normalized spacial score (nSPS) is 11.1. The number of rotatable bonds is 9. The van der Waals surface area contributed by atoms with Crippen molar-refractivity contribution in [3.63, 3.8) is 0 Å². The van der Waals surface area contributed by atoms with Crippen molar-refractivity contribution in [3.05, 3.63) is 41.6 Å². The average Bonchev–Trinajstić information content (AvgIpc) is 2.62. The van der Waals surface area contributed by atoms with E-state index in [-0.39, 0.29) is 0 Å². The van der Waals surface area contributed by atoms with Crippen molar-refractivity contribution in [3.8, 4) is 11.4 Å². The highest BCUT2D eigenvalue weighted by Crippen LogP contribution is 2.24. The molecule has 0 atom stereocenters. The molecule has 1 heterocycles. The Morgan fingerprint density at radius 3 is 2.08 bits per heavy atom. The van der Waals surface area contributed by atoms with E-state index in [1.54, 1.807) is 14.2 Å². The molecule has 0 aliphatic heterocycles. The van der Waals surface area contributed by atoms with E-state index in [9.17, 15) is 0 Å². The highest BCUT2D eigenvalue weighted by molar-refractivity contribution is 5.58. The summed E-state index contributed by atoms with van der Waals surface area (Å²) < 4.78 is 10.5. The molecule has 0 saturated carbocycles. The zero-order chi connectivity index (χ0) is 18.2. The van der Waals surface area contributed by atoms with E-state index in [1.807, 2.05) is 0 Å². The van der Waals surface area contributed by atoms with Crippen LogP contribution in [0, 0.1) is 6.92 Å². The van der Waals surface area contributed by atoms with Crippen LogP contribution in [-0.2, 0) is 9.47 Å². The van der Waals surface area contributed by atoms with Gasteiger partial charge in [0, 0.05) is 44.6 Å². The topological polar surface area (TPSA) is 47.5 Å². The molecular weight excluding hydrogens is 314 g/mol. The lowest BCUT2D eigenvalue weighted by atomic mass is 10.1. The molecule has 0 unspecified atom stereocenters. The minimum absolute atomic E-state index is 0.331. The van der Waals surface area contributed by atoms with Crippen molar-refractivity contribution in [2.45, 2.75) is 26.7 Å². The smallest absolute Gasteiger partial charge is 0.161 e. The van der Waals surface area contributed by atoms with Gasteiger partial charge < -0.3 is 14.4 Å². The number of anilines is 1. The van der Waals surface area contributed by atoms with Crippen LogP contribution >= 0.6 is 0 Å². The molecule has 2 rings (SSSR count). The summed E-state index contributed by atoms with van der Waals surface area (Å²) in [4.78, 5) is 11.8. The molecule has 0 bridgehead atoms. The lowest BCUT2D eigenvalue weighted by Crippen LogP contribution is -2.31. The number of ether oxygens (including phenoxy) is 2. The summed E-state index contributed by atoms with van der Waals surface area (Å²) >= 11 is 0. The predicted molar refractivity (Wildman–Crippen MR) is 102 cm³/mol. The summed E-state index contributed by atoms with van der Waals surface area (Å²) in [7, 11) is 3.43. The van der Waals surface area contributed by atoms with Crippen LogP contribution in [0.2, 0.25) is 0 Å². The molecule has 0 radical (unpaired) electrons. The van der Waals surface area contributed by atoms with Gasteiger partial charge in [-0.25, -0.2) is 9.97 Å². The second-order valence-corrected chi connectivity index (χ2v) is 6.47. The maximum absolute atomic E-state index is 5.25. The van der Waals surface area contributed by atoms with Crippen LogP contribution in [0.5, 0.6) is 0 Å². The Hall–Kier alpha value is -1.98. The van der Waals surface area contributed by atoms with Crippen molar-refractivity contribution >= 4 is 5.82 Å². The Morgan fingerprint density at radius 1 is 0.960 bits per heavy atom. The lowest BCUT2D eigenvalue weighted by Gasteiger charge is -2.24. The van der Waals surface area contributed by atoms with Crippen molar-refractivity contribution < 1.29 is 9.47 Å². The first kappa shape index (κ1) is 19.3. The zero-order valence-electron chi connectivity index (χ0n) is 16.0. The molecule has 0 aliphatic rings. The molecule has 0 amide bonds. The molecule has 1 aromatic heterocycles. The summed E-state index contributed by atoms with van der Waals surface area (Å²) in [6.45, 7) is 9.20. The van der Waals surface area contributed by atoms with Crippen molar-refractivity contribution in [2.24, 2.45) is 0 Å². The number of methoxy groups -OCH3 is 2. The van der Waals surface area contributed by atoms with Crippen molar-refractivity contribution in [1.82, 2.24) is 9.97 Å². The van der Waals surface area contributed by atoms with Gasteiger partial charge in [0.05, 0.1) is 13.2 Å². The van der Waals surface area contributed by atoms with Crippen LogP contribution in [0.3, 0.4) is 0 Å². The first-order valence-electron chi connectivity index (χ1n) is 8.74. The Bertz CT molecular complexity index is 648. The van der Waals surface area contributed by atoms with E-state index in [0.29, 0.717) is 19.1 Å². The molecule has 5 nitrogen and oxygen atoms in total. The van der Waals surface area contributed by atoms with E-state index >= 15 is 0 Å². The number of hydrogen-bond acceptors (Lipinski definition) is 5. The number of nitrogens with zero attached hydrogens (tertiary/aromatic N) is 3. The Balaban J connectivity index is 2.42. The molecule has 1 aromatic carbocycles. The highest BCUT2D eigenvalue weighted by Gasteiger charge is 2.14. The van der Waals surface area contributed by atoms with Crippen LogP contribution in [0.1, 0.15) is 31.0 Å². The Labute approximate surface area is 151 Å². The third-order valence-electron chi connectivity index (χ3n) is 4.09. The standard InChI is InChI=1S/C20H29N3O2/c1-15(2)18-14-19(23(10-12-24-4)11-13-25-5)22-20(21-18)17-8-6-16(3)7-9-17/h6-9,14-15H,10-13H2,1-5H3. The predicted octanol–water partition coefficient (Wildman–Crippen LogP) is 3.67. The first-order valence-corrected chi connectivity index (χ1v) is 8.74. The fraction of sp³-hybridized carbons (Fsp3) is 0.500. The van der Waals surface area contributed by atoms with E-state index in [0.717, 1.165) is 36.0 Å². The van der Waals surface area contributed by atoms with E-state index in [4.69, 9.17) is 19.4 Å². The van der Waals surface area contributed by atoms with Gasteiger partial charge in [0.2, 0.25) is 0 Å². The average molecular weight is 343 g/mol. The quantitative estimate of drug-likeness (QED) is 0.695. The molecule has 0 saturated heterocycles. The number of hydrogen-bond donors (Lipinski definition) is 0. The minimum Gasteiger partial charge on any atom is -0.383 e. The van der Waals surface area contributed by atoms with Gasteiger partial charge in [0.25, 0.3) is 0 Å². The fourth-order valence-corrected chi connectivity index (χ4v) is 2.49. The van der Waals surface area contributed by atoms with E-state index < -0.39 is 0 Å². The minimum atomic E-state index is 0.331. The summed E-state index contributed by atoms with van der Waals surface area (Å²) in [6.07, 6.45) is 0. The third kappa shape index (κ3) is 5.51. The van der Waals surface area contributed by atoms with Gasteiger partial charge >= 0.3 is 0 Å². The monoisotopic (exact) mass is 343 g/mol. The van der Waals surface area contributed by atoms with Crippen LogP contribution in [0.15, 0.2) is 30.3 Å². The van der Waals surface area contributed by atoms with Gasteiger partial charge in [-0.2, -0.15) is 0 Å². The third-order valence-corrected chi connectivity index (χ3v) is 4.09. The molecule has 2 aromatic rings. The summed E-state index contributed by atoms with van der Waals surface area (Å²) in [5.41, 5.74) is 3.30. The second-order valence-electron chi connectivity index (χ2n) is 6.47. The molecule has 0 aliphatic carbocycles. The molecule has 25 heavy (non-hydrogen) atoms.